The Kier molecular flexibility index (Phi) is 2.95. The van der Waals surface area contributed by atoms with Crippen molar-refractivity contribution in [3.05, 3.63) is 47.8 Å². The summed E-state index contributed by atoms with van der Waals surface area (Å²) in [4.78, 5) is 14.2. The number of hydrogen-bond donors (Lipinski definition) is 2. The van der Waals surface area contributed by atoms with Gasteiger partial charge in [-0.3, -0.25) is 9.89 Å². The zero-order valence-electron chi connectivity index (χ0n) is 10.5. The van der Waals surface area contributed by atoms with Gasteiger partial charge in [-0.2, -0.15) is 5.10 Å². The number of nitrogen functional groups attached to an aromatic ring is 1. The molecular formula is C14H16N4O. The molecule has 0 aliphatic carbocycles. The second-order valence-corrected chi connectivity index (χ2v) is 4.84. The summed E-state index contributed by atoms with van der Waals surface area (Å²) in [6, 6.07) is 9.37. The van der Waals surface area contributed by atoms with Gasteiger partial charge in [0.15, 0.2) is 0 Å². The number of hydrogen-bond acceptors (Lipinski definition) is 3. The van der Waals surface area contributed by atoms with Crippen LogP contribution in [-0.4, -0.2) is 34.1 Å². The van der Waals surface area contributed by atoms with Crippen LogP contribution in [0.25, 0.3) is 0 Å². The van der Waals surface area contributed by atoms with Crippen LogP contribution in [0, 0.1) is 0 Å². The van der Waals surface area contributed by atoms with E-state index in [2.05, 4.69) is 10.2 Å². The lowest BCUT2D eigenvalue weighted by molar-refractivity contribution is 0.0790. The molecule has 1 unspecified atom stereocenters. The number of H-pyrrole nitrogens is 1. The average molecular weight is 256 g/mol. The number of carbonyl (C=O) groups excluding carboxylic acids is 1. The number of nitrogens with one attached hydrogen (secondary N) is 1. The van der Waals surface area contributed by atoms with E-state index in [9.17, 15) is 4.79 Å². The second kappa shape index (κ2) is 4.76. The Bertz CT molecular complexity index is 578. The molecule has 3 rings (SSSR count). The van der Waals surface area contributed by atoms with Crippen LogP contribution in [0.4, 0.5) is 5.69 Å². The number of nitrogens with two attached hydrogens (primary N) is 1. The van der Waals surface area contributed by atoms with Crippen LogP contribution >= 0.6 is 0 Å². The number of carbonyl (C=O) groups is 1. The van der Waals surface area contributed by atoms with Gasteiger partial charge in [-0.25, -0.2) is 0 Å². The summed E-state index contributed by atoms with van der Waals surface area (Å²) in [6.07, 6.45) is 2.54. The minimum absolute atomic E-state index is 0.0844. The lowest BCUT2D eigenvalue weighted by Crippen LogP contribution is -2.28. The number of rotatable bonds is 2. The highest BCUT2D eigenvalue weighted by molar-refractivity contribution is 5.94. The van der Waals surface area contributed by atoms with E-state index in [-0.39, 0.29) is 11.8 Å². The first-order valence-electron chi connectivity index (χ1n) is 6.39. The van der Waals surface area contributed by atoms with Crippen molar-refractivity contribution in [3.8, 4) is 0 Å². The first-order valence-corrected chi connectivity index (χ1v) is 6.39. The van der Waals surface area contributed by atoms with Crippen LogP contribution in [0.2, 0.25) is 0 Å². The van der Waals surface area contributed by atoms with Gasteiger partial charge in [-0.05, 0) is 18.6 Å². The maximum absolute atomic E-state index is 12.3. The fourth-order valence-electron chi connectivity index (χ4n) is 2.58. The van der Waals surface area contributed by atoms with Crippen LogP contribution in [-0.2, 0) is 0 Å². The molecule has 1 atom stereocenters. The van der Waals surface area contributed by atoms with Crippen LogP contribution in [0.5, 0.6) is 0 Å². The number of aromatic nitrogens is 2. The SMILES string of the molecule is Nc1cn[nH]c1C1CCN(C(=O)c2ccccc2)C1. The van der Waals surface area contributed by atoms with Crippen molar-refractivity contribution in [2.24, 2.45) is 0 Å². The van der Waals surface area contributed by atoms with Crippen LogP contribution in [0.3, 0.4) is 0 Å². The lowest BCUT2D eigenvalue weighted by Gasteiger charge is -2.16. The highest BCUT2D eigenvalue weighted by atomic mass is 16.2. The Morgan fingerprint density at radius 3 is 2.84 bits per heavy atom. The molecule has 1 saturated heterocycles. The zero-order chi connectivity index (χ0) is 13.2. The van der Waals surface area contributed by atoms with Crippen LogP contribution < -0.4 is 5.73 Å². The summed E-state index contributed by atoms with van der Waals surface area (Å²) >= 11 is 0. The van der Waals surface area contributed by atoms with E-state index >= 15 is 0 Å². The molecule has 2 heterocycles. The molecule has 19 heavy (non-hydrogen) atoms. The van der Waals surface area contributed by atoms with E-state index in [4.69, 9.17) is 5.73 Å². The molecule has 0 saturated carbocycles. The smallest absolute Gasteiger partial charge is 0.253 e. The molecule has 0 spiro atoms. The van der Waals surface area contributed by atoms with E-state index in [1.165, 1.54) is 0 Å². The summed E-state index contributed by atoms with van der Waals surface area (Å²) in [5.74, 6) is 0.344. The normalized spacial score (nSPS) is 18.7. The molecule has 1 aromatic heterocycles. The van der Waals surface area contributed by atoms with Crippen molar-refractivity contribution < 1.29 is 4.79 Å². The number of anilines is 1. The third kappa shape index (κ3) is 2.19. The van der Waals surface area contributed by atoms with Crippen molar-refractivity contribution in [3.63, 3.8) is 0 Å². The van der Waals surface area contributed by atoms with E-state index in [0.29, 0.717) is 12.2 Å². The highest BCUT2D eigenvalue weighted by Crippen LogP contribution is 2.29. The predicted molar refractivity (Wildman–Crippen MR) is 72.7 cm³/mol. The average Bonchev–Trinajstić information content (AvgIpc) is 3.07. The molecule has 0 radical (unpaired) electrons. The lowest BCUT2D eigenvalue weighted by atomic mass is 10.0. The molecule has 1 aliphatic heterocycles. The Labute approximate surface area is 111 Å². The van der Waals surface area contributed by atoms with Crippen molar-refractivity contribution >= 4 is 11.6 Å². The zero-order valence-corrected chi connectivity index (χ0v) is 10.5. The van der Waals surface area contributed by atoms with Gasteiger partial charge >= 0.3 is 0 Å². The highest BCUT2D eigenvalue weighted by Gasteiger charge is 2.29. The van der Waals surface area contributed by atoms with Crippen LogP contribution in [0.15, 0.2) is 36.5 Å². The van der Waals surface area contributed by atoms with Gasteiger partial charge < -0.3 is 10.6 Å². The summed E-state index contributed by atoms with van der Waals surface area (Å²) in [6.45, 7) is 1.46. The second-order valence-electron chi connectivity index (χ2n) is 4.84. The maximum Gasteiger partial charge on any atom is 0.253 e. The van der Waals surface area contributed by atoms with E-state index in [1.807, 2.05) is 35.2 Å². The summed E-state index contributed by atoms with van der Waals surface area (Å²) in [7, 11) is 0. The summed E-state index contributed by atoms with van der Waals surface area (Å²) in [5.41, 5.74) is 8.22. The molecule has 0 bridgehead atoms. The monoisotopic (exact) mass is 256 g/mol. The summed E-state index contributed by atoms with van der Waals surface area (Å²) < 4.78 is 0. The molecule has 98 valence electrons. The van der Waals surface area contributed by atoms with E-state index in [1.54, 1.807) is 6.20 Å². The molecule has 1 aliphatic rings. The van der Waals surface area contributed by atoms with Gasteiger partial charge in [-0.1, -0.05) is 18.2 Å². The third-order valence-electron chi connectivity index (χ3n) is 3.60. The predicted octanol–water partition coefficient (Wildman–Crippen LogP) is 1.62. The first-order chi connectivity index (χ1) is 9.25. The molecular weight excluding hydrogens is 240 g/mol. The quantitative estimate of drug-likeness (QED) is 0.857. The topological polar surface area (TPSA) is 75.0 Å². The van der Waals surface area contributed by atoms with Gasteiger partial charge in [0.2, 0.25) is 0 Å². The molecule has 1 fully saturated rings. The number of likely N-dealkylation sites (tertiary alicyclic amines) is 1. The third-order valence-corrected chi connectivity index (χ3v) is 3.60. The molecule has 1 amide bonds. The largest absolute Gasteiger partial charge is 0.396 e. The van der Waals surface area contributed by atoms with E-state index in [0.717, 1.165) is 24.2 Å². The fraction of sp³-hybridized carbons (Fsp3) is 0.286. The number of nitrogens with zero attached hydrogens (tertiary/aromatic N) is 2. The Hall–Kier alpha value is -2.30. The van der Waals surface area contributed by atoms with Gasteiger partial charge in [0.1, 0.15) is 0 Å². The van der Waals surface area contributed by atoms with Gasteiger partial charge in [-0.15, -0.1) is 0 Å². The van der Waals surface area contributed by atoms with Crippen molar-refractivity contribution in [1.82, 2.24) is 15.1 Å². The Balaban J connectivity index is 1.73. The molecule has 2 aromatic rings. The standard InChI is InChI=1S/C14H16N4O/c15-12-8-16-17-13(12)11-6-7-18(9-11)14(19)10-4-2-1-3-5-10/h1-5,8,11H,6-7,9,15H2,(H,16,17). The van der Waals surface area contributed by atoms with Crippen molar-refractivity contribution in [2.45, 2.75) is 12.3 Å². The van der Waals surface area contributed by atoms with Crippen molar-refractivity contribution in [2.75, 3.05) is 18.8 Å². The number of amides is 1. The Morgan fingerprint density at radius 1 is 1.37 bits per heavy atom. The molecule has 5 nitrogen and oxygen atoms in total. The fourth-order valence-corrected chi connectivity index (χ4v) is 2.58. The van der Waals surface area contributed by atoms with Gasteiger partial charge in [0, 0.05) is 24.6 Å². The molecule has 3 N–H and O–H groups in total. The molecule has 5 heteroatoms. The minimum atomic E-state index is 0.0844. The number of aromatic amines is 1. The van der Waals surface area contributed by atoms with Gasteiger partial charge in [0.25, 0.3) is 5.91 Å². The maximum atomic E-state index is 12.3. The van der Waals surface area contributed by atoms with Gasteiger partial charge in [0.05, 0.1) is 17.6 Å². The Morgan fingerprint density at radius 2 is 2.16 bits per heavy atom. The minimum Gasteiger partial charge on any atom is -0.396 e. The molecule has 1 aromatic carbocycles. The summed E-state index contributed by atoms with van der Waals surface area (Å²) in [5, 5.41) is 6.87. The van der Waals surface area contributed by atoms with Crippen LogP contribution in [0.1, 0.15) is 28.4 Å². The van der Waals surface area contributed by atoms with E-state index < -0.39 is 0 Å². The number of benzene rings is 1. The van der Waals surface area contributed by atoms with Crippen molar-refractivity contribution in [1.29, 1.82) is 0 Å². The first kappa shape index (κ1) is 11.8.